The van der Waals surface area contributed by atoms with Gasteiger partial charge in [-0.1, -0.05) is 13.8 Å². The largest absolute Gasteiger partial charge is 0.399 e. The van der Waals surface area contributed by atoms with Crippen LogP contribution in [-0.2, 0) is 0 Å². The van der Waals surface area contributed by atoms with Crippen LogP contribution in [0.2, 0.25) is 0 Å². The Labute approximate surface area is 118 Å². The number of carbonyl (C=O) groups is 1. The quantitative estimate of drug-likeness (QED) is 0.821. The minimum atomic E-state index is -0.132. The second kappa shape index (κ2) is 6.23. The van der Waals surface area contributed by atoms with Crippen molar-refractivity contribution in [3.8, 4) is 5.69 Å². The summed E-state index contributed by atoms with van der Waals surface area (Å²) in [5.74, 6) is -0.132. The molecule has 0 atom stereocenters. The lowest BCUT2D eigenvalue weighted by Crippen LogP contribution is -2.34. The molecule has 0 saturated carbocycles. The Bertz CT molecular complexity index is 570. The number of benzene rings is 1. The zero-order valence-corrected chi connectivity index (χ0v) is 11.8. The first-order chi connectivity index (χ1) is 9.63. The van der Waals surface area contributed by atoms with Crippen LogP contribution >= 0.6 is 0 Å². The molecule has 0 aliphatic rings. The lowest BCUT2D eigenvalue weighted by atomic mass is 10.1. The number of nitrogens with two attached hydrogens (primary N) is 1. The Balaban J connectivity index is 2.12. The fourth-order valence-corrected chi connectivity index (χ4v) is 1.97. The third-order valence-corrected chi connectivity index (χ3v) is 3.30. The van der Waals surface area contributed by atoms with E-state index in [1.165, 1.54) is 0 Å². The smallest absolute Gasteiger partial charge is 0.272 e. The van der Waals surface area contributed by atoms with Crippen molar-refractivity contribution in [2.45, 2.75) is 32.7 Å². The van der Waals surface area contributed by atoms with E-state index in [4.69, 9.17) is 5.73 Å². The molecule has 2 aromatic rings. The molecule has 2 rings (SSSR count). The molecule has 5 heteroatoms. The van der Waals surface area contributed by atoms with E-state index in [1.54, 1.807) is 29.1 Å². The van der Waals surface area contributed by atoms with Gasteiger partial charge in [-0.05, 0) is 43.2 Å². The Morgan fingerprint density at radius 1 is 1.25 bits per heavy atom. The van der Waals surface area contributed by atoms with Gasteiger partial charge in [0.25, 0.3) is 5.91 Å². The Hall–Kier alpha value is -2.30. The van der Waals surface area contributed by atoms with Gasteiger partial charge < -0.3 is 11.1 Å². The van der Waals surface area contributed by atoms with Crippen molar-refractivity contribution in [2.24, 2.45) is 0 Å². The molecule has 0 spiro atoms. The molecular weight excluding hydrogens is 252 g/mol. The Morgan fingerprint density at radius 2 is 1.90 bits per heavy atom. The summed E-state index contributed by atoms with van der Waals surface area (Å²) >= 11 is 0. The fraction of sp³-hybridized carbons (Fsp3) is 0.333. The molecule has 0 fully saturated rings. The number of nitrogen functional groups attached to an aromatic ring is 1. The number of amides is 1. The van der Waals surface area contributed by atoms with Crippen LogP contribution in [0.5, 0.6) is 0 Å². The highest BCUT2D eigenvalue weighted by Gasteiger charge is 2.13. The molecular formula is C15H20N4O. The Kier molecular flexibility index (Phi) is 4.40. The maximum Gasteiger partial charge on any atom is 0.272 e. The van der Waals surface area contributed by atoms with Gasteiger partial charge in [0.1, 0.15) is 0 Å². The van der Waals surface area contributed by atoms with E-state index in [0.29, 0.717) is 11.4 Å². The van der Waals surface area contributed by atoms with Crippen molar-refractivity contribution in [2.75, 3.05) is 5.73 Å². The highest BCUT2D eigenvalue weighted by atomic mass is 16.2. The minimum absolute atomic E-state index is 0.132. The van der Waals surface area contributed by atoms with Gasteiger partial charge in [0, 0.05) is 17.9 Å². The number of nitrogens with one attached hydrogen (secondary N) is 1. The SMILES string of the molecule is CCC(CC)NC(=O)c1ccn(-c2ccc(N)cc2)n1. The zero-order chi connectivity index (χ0) is 14.5. The van der Waals surface area contributed by atoms with Crippen LogP contribution in [0.3, 0.4) is 0 Å². The second-order valence-electron chi connectivity index (χ2n) is 4.72. The van der Waals surface area contributed by atoms with Crippen molar-refractivity contribution in [3.63, 3.8) is 0 Å². The van der Waals surface area contributed by atoms with Gasteiger partial charge in [-0.25, -0.2) is 4.68 Å². The summed E-state index contributed by atoms with van der Waals surface area (Å²) < 4.78 is 1.67. The molecule has 5 nitrogen and oxygen atoms in total. The normalized spacial score (nSPS) is 10.8. The fourth-order valence-electron chi connectivity index (χ4n) is 1.97. The minimum Gasteiger partial charge on any atom is -0.399 e. The first-order valence-electron chi connectivity index (χ1n) is 6.86. The van der Waals surface area contributed by atoms with E-state index < -0.39 is 0 Å². The summed E-state index contributed by atoms with van der Waals surface area (Å²) in [4.78, 5) is 12.1. The number of hydrogen-bond donors (Lipinski definition) is 2. The molecule has 3 N–H and O–H groups in total. The van der Waals surface area contributed by atoms with Crippen LogP contribution in [0, 0.1) is 0 Å². The van der Waals surface area contributed by atoms with Crippen LogP contribution in [-0.4, -0.2) is 21.7 Å². The molecule has 1 aromatic carbocycles. The summed E-state index contributed by atoms with van der Waals surface area (Å²) in [6, 6.07) is 9.26. The third-order valence-electron chi connectivity index (χ3n) is 3.30. The number of rotatable bonds is 5. The number of nitrogens with zero attached hydrogens (tertiary/aromatic N) is 2. The van der Waals surface area contributed by atoms with Crippen molar-refractivity contribution >= 4 is 11.6 Å². The first kappa shape index (κ1) is 14.1. The van der Waals surface area contributed by atoms with Crippen molar-refractivity contribution < 1.29 is 4.79 Å². The van der Waals surface area contributed by atoms with E-state index in [1.807, 2.05) is 12.1 Å². The van der Waals surface area contributed by atoms with Gasteiger partial charge in [-0.3, -0.25) is 4.79 Å². The molecule has 1 amide bonds. The highest BCUT2D eigenvalue weighted by molar-refractivity contribution is 5.92. The van der Waals surface area contributed by atoms with Crippen LogP contribution in [0.1, 0.15) is 37.2 Å². The molecule has 20 heavy (non-hydrogen) atoms. The molecule has 1 heterocycles. The van der Waals surface area contributed by atoms with Gasteiger partial charge in [-0.15, -0.1) is 0 Å². The maximum atomic E-state index is 12.1. The van der Waals surface area contributed by atoms with Gasteiger partial charge >= 0.3 is 0 Å². The van der Waals surface area contributed by atoms with E-state index in [2.05, 4.69) is 24.3 Å². The average molecular weight is 272 g/mol. The molecule has 106 valence electrons. The summed E-state index contributed by atoms with van der Waals surface area (Å²) in [5.41, 5.74) is 7.65. The van der Waals surface area contributed by atoms with Crippen molar-refractivity contribution in [3.05, 3.63) is 42.2 Å². The first-order valence-corrected chi connectivity index (χ1v) is 6.86. The lowest BCUT2D eigenvalue weighted by Gasteiger charge is -2.13. The van der Waals surface area contributed by atoms with Crippen LogP contribution in [0.4, 0.5) is 5.69 Å². The van der Waals surface area contributed by atoms with E-state index in [9.17, 15) is 4.79 Å². The van der Waals surface area contributed by atoms with Crippen LogP contribution in [0.25, 0.3) is 5.69 Å². The molecule has 0 radical (unpaired) electrons. The van der Waals surface area contributed by atoms with E-state index in [0.717, 1.165) is 18.5 Å². The topological polar surface area (TPSA) is 72.9 Å². The standard InChI is InChI=1S/C15H20N4O/c1-3-12(4-2)17-15(20)14-9-10-19(18-14)13-7-5-11(16)6-8-13/h5-10,12H,3-4,16H2,1-2H3,(H,17,20). The Morgan fingerprint density at radius 3 is 2.50 bits per heavy atom. The van der Waals surface area contributed by atoms with Gasteiger partial charge in [0.15, 0.2) is 5.69 Å². The molecule has 1 aromatic heterocycles. The maximum absolute atomic E-state index is 12.1. The van der Waals surface area contributed by atoms with Crippen LogP contribution < -0.4 is 11.1 Å². The third kappa shape index (κ3) is 3.17. The van der Waals surface area contributed by atoms with Gasteiger partial charge in [0.2, 0.25) is 0 Å². The molecule has 0 aliphatic heterocycles. The molecule has 0 bridgehead atoms. The van der Waals surface area contributed by atoms with Crippen molar-refractivity contribution in [1.82, 2.24) is 15.1 Å². The molecule has 0 aliphatic carbocycles. The van der Waals surface area contributed by atoms with Gasteiger partial charge in [-0.2, -0.15) is 5.10 Å². The summed E-state index contributed by atoms with van der Waals surface area (Å²) in [5, 5.41) is 7.27. The summed E-state index contributed by atoms with van der Waals surface area (Å²) in [6.45, 7) is 4.11. The van der Waals surface area contributed by atoms with E-state index in [-0.39, 0.29) is 11.9 Å². The number of carbonyl (C=O) groups excluding carboxylic acids is 1. The monoisotopic (exact) mass is 272 g/mol. The summed E-state index contributed by atoms with van der Waals surface area (Å²) in [6.07, 6.45) is 3.61. The predicted octanol–water partition coefficient (Wildman–Crippen LogP) is 2.37. The predicted molar refractivity (Wildman–Crippen MR) is 79.8 cm³/mol. The van der Waals surface area contributed by atoms with Crippen molar-refractivity contribution in [1.29, 1.82) is 0 Å². The molecule has 0 unspecified atom stereocenters. The number of aromatic nitrogens is 2. The van der Waals surface area contributed by atoms with Crippen LogP contribution in [0.15, 0.2) is 36.5 Å². The molecule has 0 saturated heterocycles. The van der Waals surface area contributed by atoms with E-state index >= 15 is 0 Å². The number of anilines is 1. The van der Waals surface area contributed by atoms with Gasteiger partial charge in [0.05, 0.1) is 5.69 Å². The second-order valence-corrected chi connectivity index (χ2v) is 4.72. The zero-order valence-electron chi connectivity index (χ0n) is 11.8. The number of hydrogen-bond acceptors (Lipinski definition) is 3. The summed E-state index contributed by atoms with van der Waals surface area (Å²) in [7, 11) is 0. The average Bonchev–Trinajstić information content (AvgIpc) is 2.95. The highest BCUT2D eigenvalue weighted by Crippen LogP contribution is 2.11. The lowest BCUT2D eigenvalue weighted by molar-refractivity contribution is 0.0929.